The van der Waals surface area contributed by atoms with Crippen LogP contribution in [0.4, 0.5) is 4.39 Å². The minimum absolute atomic E-state index is 0.0912. The van der Waals surface area contributed by atoms with Gasteiger partial charge in [-0.15, -0.1) is 0 Å². The highest BCUT2D eigenvalue weighted by atomic mass is 32.2. The molecule has 7 nitrogen and oxygen atoms in total. The molecule has 1 atom stereocenters. The number of aryl methyl sites for hydroxylation is 2. The van der Waals surface area contributed by atoms with Gasteiger partial charge in [0.1, 0.15) is 5.75 Å². The van der Waals surface area contributed by atoms with Crippen molar-refractivity contribution < 1.29 is 22.3 Å². The first-order valence-corrected chi connectivity index (χ1v) is 10.3. The van der Waals surface area contributed by atoms with Crippen molar-refractivity contribution in [3.63, 3.8) is 0 Å². The lowest BCUT2D eigenvalue weighted by Crippen LogP contribution is -2.49. The van der Waals surface area contributed by atoms with Crippen molar-refractivity contribution in [3.8, 4) is 5.75 Å². The van der Waals surface area contributed by atoms with Crippen molar-refractivity contribution >= 4 is 15.9 Å². The fraction of sp³-hybridized carbons (Fsp3) is 0.368. The van der Waals surface area contributed by atoms with Crippen molar-refractivity contribution in [2.75, 3.05) is 26.5 Å². The lowest BCUT2D eigenvalue weighted by atomic mass is 10.0. The van der Waals surface area contributed by atoms with Gasteiger partial charge >= 0.3 is 0 Å². The number of piperazine rings is 1. The molecule has 2 aliphatic rings. The number of rotatable bonds is 4. The molecule has 1 saturated heterocycles. The average molecular weight is 405 g/mol. The van der Waals surface area contributed by atoms with E-state index in [0.29, 0.717) is 23.4 Å². The van der Waals surface area contributed by atoms with Crippen LogP contribution in [0.5, 0.6) is 5.75 Å². The van der Waals surface area contributed by atoms with Crippen LogP contribution in [0.3, 0.4) is 0 Å². The third-order valence-corrected chi connectivity index (χ3v) is 7.36. The zero-order valence-electron chi connectivity index (χ0n) is 15.6. The summed E-state index contributed by atoms with van der Waals surface area (Å²) >= 11 is 0. The summed E-state index contributed by atoms with van der Waals surface area (Å²) in [5, 5.41) is 0. The number of benzene rings is 1. The van der Waals surface area contributed by atoms with Crippen molar-refractivity contribution in [1.29, 1.82) is 0 Å². The van der Waals surface area contributed by atoms with Gasteiger partial charge in [0, 0.05) is 25.8 Å². The maximum atomic E-state index is 13.2. The summed E-state index contributed by atoms with van der Waals surface area (Å²) in [6, 6.07) is 5.85. The fourth-order valence-corrected chi connectivity index (χ4v) is 5.62. The molecule has 0 N–H and O–H groups in total. The van der Waals surface area contributed by atoms with Crippen LogP contribution >= 0.6 is 0 Å². The summed E-state index contributed by atoms with van der Waals surface area (Å²) in [6.45, 7) is 3.18. The van der Waals surface area contributed by atoms with Crippen LogP contribution in [0, 0.1) is 13.8 Å². The second kappa shape index (κ2) is 6.82. The first-order chi connectivity index (χ1) is 13.3. The zero-order valence-corrected chi connectivity index (χ0v) is 16.4. The normalized spacial score (nSPS) is 19.5. The number of fused-ring (bicyclic) bond motifs is 3. The van der Waals surface area contributed by atoms with Crippen molar-refractivity contribution in [2.45, 2.75) is 24.8 Å². The van der Waals surface area contributed by atoms with E-state index in [1.165, 1.54) is 22.5 Å². The second-order valence-electron chi connectivity index (χ2n) is 6.92. The number of alkyl halides is 1. The van der Waals surface area contributed by atoms with Crippen LogP contribution in [0.2, 0.25) is 0 Å². The molecule has 28 heavy (non-hydrogen) atoms. The van der Waals surface area contributed by atoms with Gasteiger partial charge in [-0.25, -0.2) is 12.8 Å². The third-order valence-electron chi connectivity index (χ3n) is 5.34. The molecule has 4 rings (SSSR count). The Morgan fingerprint density at radius 2 is 2.04 bits per heavy atom. The van der Waals surface area contributed by atoms with Gasteiger partial charge in [-0.1, -0.05) is 0 Å². The predicted molar refractivity (Wildman–Crippen MR) is 99.3 cm³/mol. The highest BCUT2D eigenvalue weighted by Crippen LogP contribution is 2.38. The number of sulfonamides is 1. The molecule has 9 heteroatoms. The van der Waals surface area contributed by atoms with Crippen LogP contribution in [0.1, 0.15) is 33.2 Å². The van der Waals surface area contributed by atoms with Gasteiger partial charge in [0.2, 0.25) is 16.9 Å². The quantitative estimate of drug-likeness (QED) is 0.779. The molecule has 148 valence electrons. The van der Waals surface area contributed by atoms with E-state index >= 15 is 0 Å². The second-order valence-corrected chi connectivity index (χ2v) is 8.83. The number of halogens is 1. The lowest BCUT2D eigenvalue weighted by molar-refractivity contribution is 0.0628. The van der Waals surface area contributed by atoms with Gasteiger partial charge in [0.15, 0.2) is 0 Å². The standard InChI is InChI=1S/C19H20FN3O4S/c1-12-9-14(27-11-20)3-4-17(12)28(25,26)22-7-8-23-16(10-22)15-5-6-21-13(2)18(15)19(23)24/h3-6,9,16H,7-8,10-11H2,1-2H3. The highest BCUT2D eigenvalue weighted by Gasteiger charge is 2.44. The fourth-order valence-electron chi connectivity index (χ4n) is 3.97. The summed E-state index contributed by atoms with van der Waals surface area (Å²) in [4.78, 5) is 18.8. The molecule has 0 bridgehead atoms. The summed E-state index contributed by atoms with van der Waals surface area (Å²) in [6.07, 6.45) is 1.64. The monoisotopic (exact) mass is 405 g/mol. The molecule has 2 aromatic rings. The Morgan fingerprint density at radius 1 is 1.25 bits per heavy atom. The van der Waals surface area contributed by atoms with E-state index in [-0.39, 0.29) is 35.7 Å². The summed E-state index contributed by atoms with van der Waals surface area (Å²) in [5.74, 6) is 0.189. The summed E-state index contributed by atoms with van der Waals surface area (Å²) in [7, 11) is -3.76. The Balaban J connectivity index is 1.66. The van der Waals surface area contributed by atoms with E-state index in [1.54, 1.807) is 31.0 Å². The number of amides is 1. The third kappa shape index (κ3) is 2.85. The van der Waals surface area contributed by atoms with E-state index in [2.05, 4.69) is 4.98 Å². The number of aromatic nitrogens is 1. The smallest absolute Gasteiger partial charge is 0.256 e. The maximum Gasteiger partial charge on any atom is 0.256 e. The van der Waals surface area contributed by atoms with Gasteiger partial charge in [0.25, 0.3) is 5.91 Å². The van der Waals surface area contributed by atoms with Crippen LogP contribution in [-0.4, -0.2) is 55.0 Å². The SMILES string of the molecule is Cc1cc(OCF)ccc1S(=O)(=O)N1CCN2C(=O)c3c(ccnc3C)C2C1. The Morgan fingerprint density at radius 3 is 2.75 bits per heavy atom. The first-order valence-electron chi connectivity index (χ1n) is 8.90. The number of pyridine rings is 1. The number of ether oxygens (including phenoxy) is 1. The van der Waals surface area contributed by atoms with Crippen molar-refractivity contribution in [3.05, 3.63) is 52.8 Å². The van der Waals surface area contributed by atoms with E-state index in [1.807, 2.05) is 0 Å². The zero-order chi connectivity index (χ0) is 20.1. The molecule has 0 radical (unpaired) electrons. The first kappa shape index (κ1) is 18.8. The molecule has 1 fully saturated rings. The van der Waals surface area contributed by atoms with E-state index in [9.17, 15) is 17.6 Å². The van der Waals surface area contributed by atoms with E-state index < -0.39 is 16.9 Å². The molecule has 3 heterocycles. The van der Waals surface area contributed by atoms with Crippen LogP contribution < -0.4 is 4.74 Å². The van der Waals surface area contributed by atoms with Crippen LogP contribution in [0.25, 0.3) is 0 Å². The van der Waals surface area contributed by atoms with E-state index in [0.717, 1.165) is 5.56 Å². The topological polar surface area (TPSA) is 79.8 Å². The van der Waals surface area contributed by atoms with E-state index in [4.69, 9.17) is 4.74 Å². The molecule has 0 spiro atoms. The number of carbonyl (C=O) groups excluding carboxylic acids is 1. The van der Waals surface area contributed by atoms with Crippen molar-refractivity contribution in [1.82, 2.24) is 14.2 Å². The number of hydrogen-bond acceptors (Lipinski definition) is 5. The molecule has 0 aliphatic carbocycles. The van der Waals surface area contributed by atoms with Gasteiger partial charge in [0.05, 0.1) is 22.2 Å². The summed E-state index contributed by atoms with van der Waals surface area (Å²) < 4.78 is 45.0. The molecule has 1 aromatic carbocycles. The molecule has 2 aliphatic heterocycles. The van der Waals surface area contributed by atoms with Gasteiger partial charge in [-0.05, 0) is 49.2 Å². The van der Waals surface area contributed by atoms with Gasteiger partial charge < -0.3 is 9.64 Å². The minimum Gasteiger partial charge on any atom is -0.463 e. The summed E-state index contributed by atoms with van der Waals surface area (Å²) in [5.41, 5.74) is 2.54. The molecule has 1 amide bonds. The largest absolute Gasteiger partial charge is 0.463 e. The minimum atomic E-state index is -3.76. The number of carbonyl (C=O) groups is 1. The Labute approximate surface area is 162 Å². The average Bonchev–Trinajstić information content (AvgIpc) is 2.95. The van der Waals surface area contributed by atoms with Crippen LogP contribution in [-0.2, 0) is 10.0 Å². The Kier molecular flexibility index (Phi) is 4.59. The predicted octanol–water partition coefficient (Wildman–Crippen LogP) is 2.21. The lowest BCUT2D eigenvalue weighted by Gasteiger charge is -2.37. The van der Waals surface area contributed by atoms with Crippen molar-refractivity contribution in [2.24, 2.45) is 0 Å². The molecule has 0 saturated carbocycles. The Hall–Kier alpha value is -2.52. The number of nitrogens with zero attached hydrogens (tertiary/aromatic N) is 3. The van der Waals surface area contributed by atoms with Gasteiger partial charge in [-0.2, -0.15) is 4.31 Å². The molecule has 1 unspecified atom stereocenters. The number of hydrogen-bond donors (Lipinski definition) is 0. The molecular weight excluding hydrogens is 385 g/mol. The Bertz CT molecular complexity index is 1060. The molecular formula is C19H20FN3O4S. The molecule has 1 aromatic heterocycles. The maximum absolute atomic E-state index is 13.2. The van der Waals surface area contributed by atoms with Crippen LogP contribution in [0.15, 0.2) is 35.4 Å². The highest BCUT2D eigenvalue weighted by molar-refractivity contribution is 7.89. The van der Waals surface area contributed by atoms with Gasteiger partial charge in [-0.3, -0.25) is 9.78 Å².